The average molecular weight is 270 g/mol. The molecular weight excluding hydrogens is 248 g/mol. The largest absolute Gasteiger partial charge is 0.391 e. The molecule has 0 radical (unpaired) electrons. The maximum absolute atomic E-state index is 9.53. The zero-order valence-corrected chi connectivity index (χ0v) is 12.0. The van der Waals surface area contributed by atoms with Crippen molar-refractivity contribution < 1.29 is 5.11 Å². The van der Waals surface area contributed by atoms with Crippen LogP contribution in [0.1, 0.15) is 26.7 Å². The first-order valence-corrected chi connectivity index (χ1v) is 7.50. The first kappa shape index (κ1) is 15.0. The zero-order valence-electron chi connectivity index (χ0n) is 11.2. The van der Waals surface area contributed by atoms with E-state index in [1.165, 1.54) is 11.8 Å². The van der Waals surface area contributed by atoms with Gasteiger partial charge in [-0.3, -0.25) is 0 Å². The van der Waals surface area contributed by atoms with Gasteiger partial charge < -0.3 is 15.7 Å². The minimum Gasteiger partial charge on any atom is -0.391 e. The van der Waals surface area contributed by atoms with Crippen molar-refractivity contribution in [3.63, 3.8) is 0 Å². The van der Waals surface area contributed by atoms with Crippen molar-refractivity contribution in [2.24, 2.45) is 0 Å². The standard InChI is InChI=1S/C12H22N4OS/c1-4-6-13-10-7-11(14-8-9(17)5-2)16-12(15-10)18-3/h7,9,17H,4-6,8H2,1-3H3,(H2,13,14,15,16). The highest BCUT2D eigenvalue weighted by Gasteiger charge is 2.05. The Morgan fingerprint density at radius 1 is 1.28 bits per heavy atom. The Bertz CT molecular complexity index is 362. The SMILES string of the molecule is CCCNc1cc(NCC(O)CC)nc(SC)n1. The van der Waals surface area contributed by atoms with Crippen molar-refractivity contribution in [1.29, 1.82) is 0 Å². The normalized spacial score (nSPS) is 12.2. The molecule has 0 amide bonds. The van der Waals surface area contributed by atoms with Gasteiger partial charge in [-0.25, -0.2) is 9.97 Å². The van der Waals surface area contributed by atoms with Gasteiger partial charge in [0.25, 0.3) is 0 Å². The van der Waals surface area contributed by atoms with Crippen LogP contribution < -0.4 is 10.6 Å². The predicted octanol–water partition coefficient (Wildman–Crippen LogP) is 2.20. The second-order valence-electron chi connectivity index (χ2n) is 3.99. The Kier molecular flexibility index (Phi) is 6.82. The summed E-state index contributed by atoms with van der Waals surface area (Å²) in [5.41, 5.74) is 0. The van der Waals surface area contributed by atoms with E-state index < -0.39 is 0 Å². The lowest BCUT2D eigenvalue weighted by molar-refractivity contribution is 0.183. The molecule has 0 spiro atoms. The molecule has 3 N–H and O–H groups in total. The van der Waals surface area contributed by atoms with Gasteiger partial charge in [0.05, 0.1) is 6.10 Å². The third-order valence-electron chi connectivity index (χ3n) is 2.43. The summed E-state index contributed by atoms with van der Waals surface area (Å²) in [7, 11) is 0. The number of hydrogen-bond acceptors (Lipinski definition) is 6. The summed E-state index contributed by atoms with van der Waals surface area (Å²) in [5, 5.41) is 16.6. The maximum atomic E-state index is 9.53. The molecule has 1 unspecified atom stereocenters. The molecule has 1 heterocycles. The van der Waals surface area contributed by atoms with E-state index in [2.05, 4.69) is 27.5 Å². The van der Waals surface area contributed by atoms with Crippen LogP contribution in [0, 0.1) is 0 Å². The van der Waals surface area contributed by atoms with Gasteiger partial charge in [-0.15, -0.1) is 0 Å². The summed E-state index contributed by atoms with van der Waals surface area (Å²) in [4.78, 5) is 8.73. The fourth-order valence-electron chi connectivity index (χ4n) is 1.32. The summed E-state index contributed by atoms with van der Waals surface area (Å²) in [5.74, 6) is 1.57. The lowest BCUT2D eigenvalue weighted by atomic mass is 10.3. The van der Waals surface area contributed by atoms with Crippen molar-refractivity contribution in [3.05, 3.63) is 6.07 Å². The highest BCUT2D eigenvalue weighted by atomic mass is 32.2. The van der Waals surface area contributed by atoms with Crippen LogP contribution in [0.25, 0.3) is 0 Å². The van der Waals surface area contributed by atoms with Gasteiger partial charge in [0, 0.05) is 19.2 Å². The first-order chi connectivity index (χ1) is 8.69. The van der Waals surface area contributed by atoms with Gasteiger partial charge in [-0.2, -0.15) is 0 Å². The first-order valence-electron chi connectivity index (χ1n) is 6.28. The van der Waals surface area contributed by atoms with Crippen LogP contribution in [0.4, 0.5) is 11.6 Å². The van der Waals surface area contributed by atoms with Gasteiger partial charge in [-0.1, -0.05) is 25.6 Å². The lowest BCUT2D eigenvalue weighted by Gasteiger charge is -2.12. The molecule has 1 aromatic heterocycles. The molecule has 5 nitrogen and oxygen atoms in total. The topological polar surface area (TPSA) is 70.1 Å². The van der Waals surface area contributed by atoms with E-state index in [-0.39, 0.29) is 6.10 Å². The molecular formula is C12H22N4OS. The van der Waals surface area contributed by atoms with Crippen LogP contribution in [0.3, 0.4) is 0 Å². The summed E-state index contributed by atoms with van der Waals surface area (Å²) < 4.78 is 0. The zero-order chi connectivity index (χ0) is 13.4. The molecule has 18 heavy (non-hydrogen) atoms. The van der Waals surface area contributed by atoms with Gasteiger partial charge >= 0.3 is 0 Å². The Hall–Kier alpha value is -1.01. The van der Waals surface area contributed by atoms with E-state index in [4.69, 9.17) is 0 Å². The molecule has 102 valence electrons. The van der Waals surface area contributed by atoms with E-state index in [1.54, 1.807) is 0 Å². The van der Waals surface area contributed by atoms with Gasteiger partial charge in [0.2, 0.25) is 0 Å². The molecule has 0 bridgehead atoms. The van der Waals surface area contributed by atoms with Crippen molar-refractivity contribution in [2.45, 2.75) is 37.9 Å². The summed E-state index contributed by atoms with van der Waals surface area (Å²) in [6.07, 6.45) is 3.39. The number of aliphatic hydroxyl groups excluding tert-OH is 1. The lowest BCUT2D eigenvalue weighted by Crippen LogP contribution is -2.19. The Morgan fingerprint density at radius 2 is 1.94 bits per heavy atom. The third-order valence-corrected chi connectivity index (χ3v) is 2.98. The number of aromatic nitrogens is 2. The Balaban J connectivity index is 2.70. The highest BCUT2D eigenvalue weighted by molar-refractivity contribution is 7.98. The fourth-order valence-corrected chi connectivity index (χ4v) is 1.70. The molecule has 0 aliphatic heterocycles. The van der Waals surface area contributed by atoms with Crippen LogP contribution >= 0.6 is 11.8 Å². The Morgan fingerprint density at radius 3 is 2.50 bits per heavy atom. The number of anilines is 2. The van der Waals surface area contributed by atoms with Crippen LogP contribution in [-0.4, -0.2) is 40.5 Å². The number of thioether (sulfide) groups is 1. The van der Waals surface area contributed by atoms with E-state index in [0.717, 1.165) is 36.2 Å². The number of rotatable bonds is 8. The average Bonchev–Trinajstić information content (AvgIpc) is 2.42. The van der Waals surface area contributed by atoms with Crippen molar-refractivity contribution in [1.82, 2.24) is 9.97 Å². The molecule has 0 saturated heterocycles. The van der Waals surface area contributed by atoms with Crippen LogP contribution in [0.5, 0.6) is 0 Å². The summed E-state index contributed by atoms with van der Waals surface area (Å²) >= 11 is 1.51. The number of nitrogens with one attached hydrogen (secondary N) is 2. The monoisotopic (exact) mass is 270 g/mol. The molecule has 1 aromatic rings. The van der Waals surface area contributed by atoms with Gasteiger partial charge in [0.15, 0.2) is 5.16 Å². The molecule has 1 atom stereocenters. The molecule has 0 aromatic carbocycles. The molecule has 0 fully saturated rings. The number of nitrogens with zero attached hydrogens (tertiary/aromatic N) is 2. The quantitative estimate of drug-likeness (QED) is 0.497. The summed E-state index contributed by atoms with van der Waals surface area (Å²) in [6, 6.07) is 1.87. The molecule has 6 heteroatoms. The van der Waals surface area contributed by atoms with Crippen molar-refractivity contribution >= 4 is 23.4 Å². The fraction of sp³-hybridized carbons (Fsp3) is 0.667. The number of hydrogen-bond donors (Lipinski definition) is 3. The highest BCUT2D eigenvalue weighted by Crippen LogP contribution is 2.17. The Labute approximate surface area is 113 Å². The second-order valence-corrected chi connectivity index (χ2v) is 4.77. The molecule has 0 saturated carbocycles. The molecule has 1 rings (SSSR count). The van der Waals surface area contributed by atoms with Crippen LogP contribution in [0.15, 0.2) is 11.2 Å². The summed E-state index contributed by atoms with van der Waals surface area (Å²) in [6.45, 7) is 5.46. The third kappa shape index (κ3) is 5.10. The predicted molar refractivity (Wildman–Crippen MR) is 77.4 cm³/mol. The van der Waals surface area contributed by atoms with E-state index >= 15 is 0 Å². The smallest absolute Gasteiger partial charge is 0.191 e. The van der Waals surface area contributed by atoms with Crippen molar-refractivity contribution in [3.8, 4) is 0 Å². The van der Waals surface area contributed by atoms with Crippen molar-refractivity contribution in [2.75, 3.05) is 30.0 Å². The molecule has 0 aliphatic carbocycles. The van der Waals surface area contributed by atoms with E-state index in [1.807, 2.05) is 19.2 Å². The minimum absolute atomic E-state index is 0.343. The van der Waals surface area contributed by atoms with Gasteiger partial charge in [-0.05, 0) is 19.1 Å². The second kappa shape index (κ2) is 8.16. The van der Waals surface area contributed by atoms with Crippen LogP contribution in [0.2, 0.25) is 0 Å². The van der Waals surface area contributed by atoms with Crippen LogP contribution in [-0.2, 0) is 0 Å². The minimum atomic E-state index is -0.343. The van der Waals surface area contributed by atoms with E-state index in [0.29, 0.717) is 6.54 Å². The van der Waals surface area contributed by atoms with E-state index in [9.17, 15) is 5.11 Å². The number of aliphatic hydroxyl groups is 1. The maximum Gasteiger partial charge on any atom is 0.191 e. The van der Waals surface area contributed by atoms with Gasteiger partial charge in [0.1, 0.15) is 11.6 Å². The molecule has 0 aliphatic rings.